The molecule has 0 unspecified atom stereocenters. The number of nitrogens with zero attached hydrogens (tertiary/aromatic N) is 4. The van der Waals surface area contributed by atoms with E-state index in [-0.39, 0.29) is 11.7 Å². The highest BCUT2D eigenvalue weighted by atomic mass is 16.4. The van der Waals surface area contributed by atoms with E-state index in [1.54, 1.807) is 47.8 Å². The normalized spacial score (nSPS) is 14.2. The number of carbonyl (C=O) groups excluding carboxylic acids is 2. The molecule has 0 aliphatic carbocycles. The van der Waals surface area contributed by atoms with Crippen LogP contribution in [-0.4, -0.2) is 52.7 Å². The van der Waals surface area contributed by atoms with Crippen LogP contribution in [0.25, 0.3) is 11.3 Å². The first-order valence-corrected chi connectivity index (χ1v) is 9.13. The number of ketones is 1. The van der Waals surface area contributed by atoms with Crippen molar-refractivity contribution in [3.8, 4) is 11.3 Å². The van der Waals surface area contributed by atoms with E-state index in [1.807, 2.05) is 12.1 Å². The fraction of sp³-hybridized carbons (Fsp3) is 0.238. The Kier molecular flexibility index (Phi) is 4.89. The summed E-state index contributed by atoms with van der Waals surface area (Å²) in [5.74, 6) is 1.65. The van der Waals surface area contributed by atoms with Crippen LogP contribution in [0.15, 0.2) is 59.4 Å². The molecule has 2 aromatic heterocycles. The van der Waals surface area contributed by atoms with Crippen molar-refractivity contribution >= 4 is 17.5 Å². The topological polar surface area (TPSA) is 79.5 Å². The van der Waals surface area contributed by atoms with Crippen molar-refractivity contribution in [2.45, 2.75) is 6.92 Å². The molecule has 7 heteroatoms. The molecule has 1 aromatic carbocycles. The fourth-order valence-electron chi connectivity index (χ4n) is 3.23. The molecule has 0 bridgehead atoms. The molecule has 1 aliphatic heterocycles. The number of carbonyl (C=O) groups is 2. The SMILES string of the molecule is CC(=O)c1ccc(-c2ccc(C(=O)N3CCN(c4cnccn4)CC3)o2)cc1. The van der Waals surface area contributed by atoms with Crippen molar-refractivity contribution in [3.63, 3.8) is 0 Å². The number of rotatable bonds is 4. The zero-order chi connectivity index (χ0) is 19.5. The van der Waals surface area contributed by atoms with Gasteiger partial charge in [0.1, 0.15) is 11.6 Å². The molecule has 3 aromatic rings. The van der Waals surface area contributed by atoms with Crippen molar-refractivity contribution in [3.05, 3.63) is 66.3 Å². The standard InChI is InChI=1S/C21H20N4O3/c1-15(26)16-2-4-17(5-3-16)18-6-7-19(28-18)21(27)25-12-10-24(11-13-25)20-14-22-8-9-23-20/h2-9,14H,10-13H2,1H3. The summed E-state index contributed by atoms with van der Waals surface area (Å²) in [5, 5.41) is 0. The van der Waals surface area contributed by atoms with E-state index >= 15 is 0 Å². The highest BCUT2D eigenvalue weighted by Gasteiger charge is 2.25. The molecule has 1 amide bonds. The third-order valence-corrected chi connectivity index (χ3v) is 4.83. The van der Waals surface area contributed by atoms with E-state index in [4.69, 9.17) is 4.42 Å². The van der Waals surface area contributed by atoms with Crippen LogP contribution in [0, 0.1) is 0 Å². The van der Waals surface area contributed by atoms with Gasteiger partial charge >= 0.3 is 0 Å². The summed E-state index contributed by atoms with van der Waals surface area (Å²) in [5.41, 5.74) is 1.48. The number of hydrogen-bond donors (Lipinski definition) is 0. The van der Waals surface area contributed by atoms with Crippen LogP contribution in [0.4, 0.5) is 5.82 Å². The van der Waals surface area contributed by atoms with Gasteiger partial charge in [0.25, 0.3) is 5.91 Å². The molecule has 7 nitrogen and oxygen atoms in total. The molecular formula is C21H20N4O3. The Labute approximate surface area is 162 Å². The molecule has 0 saturated carbocycles. The zero-order valence-corrected chi connectivity index (χ0v) is 15.5. The quantitative estimate of drug-likeness (QED) is 0.652. The lowest BCUT2D eigenvalue weighted by Crippen LogP contribution is -2.49. The van der Waals surface area contributed by atoms with Gasteiger partial charge in [0.05, 0.1) is 6.20 Å². The first kappa shape index (κ1) is 17.9. The minimum atomic E-state index is -0.120. The second kappa shape index (κ2) is 7.64. The third kappa shape index (κ3) is 3.64. The smallest absolute Gasteiger partial charge is 0.289 e. The van der Waals surface area contributed by atoms with Crippen molar-refractivity contribution in [2.24, 2.45) is 0 Å². The zero-order valence-electron chi connectivity index (χ0n) is 15.5. The number of aromatic nitrogens is 2. The van der Waals surface area contributed by atoms with Gasteiger partial charge in [-0.05, 0) is 19.1 Å². The number of benzene rings is 1. The Morgan fingerprint density at radius 1 is 0.964 bits per heavy atom. The Hall–Kier alpha value is -3.48. The Balaban J connectivity index is 1.41. The van der Waals surface area contributed by atoms with Gasteiger partial charge in [0.2, 0.25) is 0 Å². The van der Waals surface area contributed by atoms with Gasteiger partial charge in [0, 0.05) is 49.7 Å². The predicted molar refractivity (Wildman–Crippen MR) is 104 cm³/mol. The second-order valence-corrected chi connectivity index (χ2v) is 6.64. The van der Waals surface area contributed by atoms with Crippen LogP contribution in [0.3, 0.4) is 0 Å². The number of amides is 1. The van der Waals surface area contributed by atoms with Gasteiger partial charge in [-0.25, -0.2) is 4.98 Å². The Morgan fingerprint density at radius 2 is 1.71 bits per heavy atom. The summed E-state index contributed by atoms with van der Waals surface area (Å²) in [7, 11) is 0. The van der Waals surface area contributed by atoms with Crippen molar-refractivity contribution in [1.29, 1.82) is 0 Å². The molecule has 0 atom stereocenters. The lowest BCUT2D eigenvalue weighted by Gasteiger charge is -2.34. The molecule has 1 aliphatic rings. The lowest BCUT2D eigenvalue weighted by atomic mass is 10.1. The predicted octanol–water partition coefficient (Wildman–Crippen LogP) is 2.90. The monoisotopic (exact) mass is 376 g/mol. The van der Waals surface area contributed by atoms with E-state index < -0.39 is 0 Å². The van der Waals surface area contributed by atoms with Gasteiger partial charge < -0.3 is 14.2 Å². The van der Waals surface area contributed by atoms with E-state index in [0.29, 0.717) is 43.3 Å². The van der Waals surface area contributed by atoms with Crippen LogP contribution in [0.2, 0.25) is 0 Å². The van der Waals surface area contributed by atoms with E-state index in [1.165, 1.54) is 6.92 Å². The molecule has 0 spiro atoms. The first-order chi connectivity index (χ1) is 13.6. The highest BCUT2D eigenvalue weighted by molar-refractivity contribution is 5.94. The summed E-state index contributed by atoms with van der Waals surface area (Å²) in [6, 6.07) is 10.6. The Bertz CT molecular complexity index is 974. The van der Waals surface area contributed by atoms with Gasteiger partial charge in [0.15, 0.2) is 11.5 Å². The van der Waals surface area contributed by atoms with E-state index in [0.717, 1.165) is 11.4 Å². The maximum absolute atomic E-state index is 12.8. The lowest BCUT2D eigenvalue weighted by molar-refractivity contribution is 0.0715. The van der Waals surface area contributed by atoms with Crippen LogP contribution < -0.4 is 4.90 Å². The molecule has 0 N–H and O–H groups in total. The molecule has 142 valence electrons. The first-order valence-electron chi connectivity index (χ1n) is 9.13. The maximum Gasteiger partial charge on any atom is 0.289 e. The highest BCUT2D eigenvalue weighted by Crippen LogP contribution is 2.24. The van der Waals surface area contributed by atoms with E-state index in [2.05, 4.69) is 14.9 Å². The summed E-state index contributed by atoms with van der Waals surface area (Å²) in [6.45, 7) is 4.12. The van der Waals surface area contributed by atoms with Crippen molar-refractivity contribution in [2.75, 3.05) is 31.1 Å². The molecule has 1 fully saturated rings. The average molecular weight is 376 g/mol. The molecule has 1 saturated heterocycles. The van der Waals surface area contributed by atoms with Gasteiger partial charge in [-0.2, -0.15) is 0 Å². The number of piperazine rings is 1. The van der Waals surface area contributed by atoms with Crippen LogP contribution in [0.1, 0.15) is 27.8 Å². The summed E-state index contributed by atoms with van der Waals surface area (Å²) >= 11 is 0. The summed E-state index contributed by atoms with van der Waals surface area (Å²) in [4.78, 5) is 36.5. The summed E-state index contributed by atoms with van der Waals surface area (Å²) < 4.78 is 5.78. The Morgan fingerprint density at radius 3 is 2.36 bits per heavy atom. The second-order valence-electron chi connectivity index (χ2n) is 6.64. The van der Waals surface area contributed by atoms with Crippen LogP contribution in [0.5, 0.6) is 0 Å². The van der Waals surface area contributed by atoms with Gasteiger partial charge in [-0.3, -0.25) is 14.6 Å². The molecule has 3 heterocycles. The average Bonchev–Trinajstić information content (AvgIpc) is 3.24. The minimum absolute atomic E-state index is 0.0162. The number of Topliss-reactive ketones (excluding diaryl/α,β-unsaturated/α-hetero) is 1. The molecule has 0 radical (unpaired) electrons. The third-order valence-electron chi connectivity index (χ3n) is 4.83. The van der Waals surface area contributed by atoms with Crippen LogP contribution >= 0.6 is 0 Å². The minimum Gasteiger partial charge on any atom is -0.451 e. The number of furan rings is 1. The fourth-order valence-corrected chi connectivity index (χ4v) is 3.23. The van der Waals surface area contributed by atoms with Gasteiger partial charge in [-0.1, -0.05) is 24.3 Å². The van der Waals surface area contributed by atoms with Crippen LogP contribution in [-0.2, 0) is 0 Å². The number of anilines is 1. The number of hydrogen-bond acceptors (Lipinski definition) is 6. The molecule has 28 heavy (non-hydrogen) atoms. The molecule has 4 rings (SSSR count). The summed E-state index contributed by atoms with van der Waals surface area (Å²) in [6.07, 6.45) is 5.04. The van der Waals surface area contributed by atoms with Gasteiger partial charge in [-0.15, -0.1) is 0 Å². The van der Waals surface area contributed by atoms with Crippen molar-refractivity contribution < 1.29 is 14.0 Å². The van der Waals surface area contributed by atoms with E-state index in [9.17, 15) is 9.59 Å². The maximum atomic E-state index is 12.8. The largest absolute Gasteiger partial charge is 0.451 e. The van der Waals surface area contributed by atoms with Crippen molar-refractivity contribution in [1.82, 2.24) is 14.9 Å². The molecular weight excluding hydrogens is 356 g/mol.